The van der Waals surface area contributed by atoms with Gasteiger partial charge in [-0.05, 0) is 47.1 Å². The zero-order valence-electron chi connectivity index (χ0n) is 11.9. The number of rotatable bonds is 2. The summed E-state index contributed by atoms with van der Waals surface area (Å²) in [6, 6.07) is 0.575. The average Bonchev–Trinajstić information content (AvgIpc) is 2.31. The van der Waals surface area contributed by atoms with E-state index in [9.17, 15) is 0 Å². The molecule has 0 saturated carbocycles. The fourth-order valence-electron chi connectivity index (χ4n) is 3.68. The third-order valence-electron chi connectivity index (χ3n) is 4.25. The third kappa shape index (κ3) is 2.38. The average molecular weight is 241 g/mol. The van der Waals surface area contributed by atoms with E-state index < -0.39 is 0 Å². The second-order valence-corrected chi connectivity index (χ2v) is 6.64. The summed E-state index contributed by atoms with van der Waals surface area (Å²) in [5.41, 5.74) is -0.371. The smallest absolute Gasteiger partial charge is 0.101 e. The molecular formula is C14H27NO2. The van der Waals surface area contributed by atoms with Gasteiger partial charge in [0.15, 0.2) is 0 Å². The molecule has 2 rings (SSSR count). The van der Waals surface area contributed by atoms with Crippen LogP contribution in [0.3, 0.4) is 0 Å². The van der Waals surface area contributed by atoms with Crippen molar-refractivity contribution in [1.29, 1.82) is 0 Å². The molecule has 0 amide bonds. The monoisotopic (exact) mass is 241 g/mol. The molecular weight excluding hydrogens is 214 g/mol. The highest BCUT2D eigenvalue weighted by Gasteiger charge is 2.59. The van der Waals surface area contributed by atoms with Gasteiger partial charge >= 0.3 is 0 Å². The molecule has 1 spiro atoms. The molecule has 2 unspecified atom stereocenters. The summed E-state index contributed by atoms with van der Waals surface area (Å²) in [4.78, 5) is 0. The van der Waals surface area contributed by atoms with E-state index in [4.69, 9.17) is 9.47 Å². The minimum atomic E-state index is -0.190. The molecule has 0 radical (unpaired) electrons. The van der Waals surface area contributed by atoms with Gasteiger partial charge in [0, 0.05) is 19.1 Å². The Morgan fingerprint density at radius 2 is 1.94 bits per heavy atom. The molecule has 0 aromatic heterocycles. The SMILES string of the molecule is CCNC1CCOC2(C1)CC(C)(C)OC2(C)C. The van der Waals surface area contributed by atoms with Crippen LogP contribution < -0.4 is 5.32 Å². The second kappa shape index (κ2) is 4.22. The second-order valence-electron chi connectivity index (χ2n) is 6.64. The van der Waals surface area contributed by atoms with E-state index >= 15 is 0 Å². The lowest BCUT2D eigenvalue weighted by molar-refractivity contribution is -0.173. The normalized spacial score (nSPS) is 39.7. The first-order valence-corrected chi connectivity index (χ1v) is 6.88. The van der Waals surface area contributed by atoms with Crippen molar-refractivity contribution in [3.63, 3.8) is 0 Å². The first kappa shape index (κ1) is 13.3. The predicted octanol–water partition coefficient (Wildman–Crippen LogP) is 2.49. The first-order chi connectivity index (χ1) is 7.80. The lowest BCUT2D eigenvalue weighted by atomic mass is 9.76. The lowest BCUT2D eigenvalue weighted by Gasteiger charge is -2.45. The van der Waals surface area contributed by atoms with Gasteiger partial charge in [-0.1, -0.05) is 6.92 Å². The fourth-order valence-corrected chi connectivity index (χ4v) is 3.68. The molecule has 2 atom stereocenters. The Morgan fingerprint density at radius 1 is 1.24 bits per heavy atom. The number of ether oxygens (including phenoxy) is 2. The molecule has 17 heavy (non-hydrogen) atoms. The number of nitrogens with one attached hydrogen (secondary N) is 1. The van der Waals surface area contributed by atoms with Crippen LogP contribution in [-0.4, -0.2) is 36.0 Å². The minimum absolute atomic E-state index is 0.0718. The van der Waals surface area contributed by atoms with Gasteiger partial charge in [0.25, 0.3) is 0 Å². The molecule has 0 aromatic carbocycles. The predicted molar refractivity (Wildman–Crippen MR) is 69.2 cm³/mol. The fraction of sp³-hybridized carbons (Fsp3) is 1.00. The van der Waals surface area contributed by atoms with E-state index in [1.165, 1.54) is 0 Å². The van der Waals surface area contributed by atoms with Crippen LogP contribution in [0.1, 0.15) is 53.9 Å². The summed E-state index contributed by atoms with van der Waals surface area (Å²) in [5, 5.41) is 3.57. The van der Waals surface area contributed by atoms with Gasteiger partial charge in [0.2, 0.25) is 0 Å². The van der Waals surface area contributed by atoms with Crippen molar-refractivity contribution in [1.82, 2.24) is 5.32 Å². The van der Waals surface area contributed by atoms with E-state index in [2.05, 4.69) is 39.9 Å². The summed E-state index contributed by atoms with van der Waals surface area (Å²) in [7, 11) is 0. The number of hydrogen-bond acceptors (Lipinski definition) is 3. The maximum absolute atomic E-state index is 6.20. The summed E-state index contributed by atoms with van der Waals surface area (Å²) in [6.45, 7) is 12.7. The van der Waals surface area contributed by atoms with Crippen LogP contribution in [0, 0.1) is 0 Å². The molecule has 2 fully saturated rings. The summed E-state index contributed by atoms with van der Waals surface area (Å²) < 4.78 is 12.4. The Morgan fingerprint density at radius 3 is 2.47 bits per heavy atom. The molecule has 2 aliphatic rings. The topological polar surface area (TPSA) is 30.5 Å². The highest BCUT2D eigenvalue weighted by atomic mass is 16.6. The summed E-state index contributed by atoms with van der Waals surface area (Å²) in [5.74, 6) is 0. The van der Waals surface area contributed by atoms with E-state index in [1.54, 1.807) is 0 Å². The Kier molecular flexibility index (Phi) is 3.30. The summed E-state index contributed by atoms with van der Waals surface area (Å²) in [6.07, 6.45) is 3.18. The van der Waals surface area contributed by atoms with E-state index in [-0.39, 0.29) is 16.8 Å². The molecule has 2 saturated heterocycles. The van der Waals surface area contributed by atoms with Crippen LogP contribution in [0.15, 0.2) is 0 Å². The molecule has 3 nitrogen and oxygen atoms in total. The molecule has 2 heterocycles. The standard InChI is InChI=1S/C14H27NO2/c1-6-15-11-7-8-16-14(9-11)10-12(2,3)17-13(14,4)5/h11,15H,6-10H2,1-5H3. The Labute approximate surface area is 105 Å². The molecule has 1 N–H and O–H groups in total. The maximum Gasteiger partial charge on any atom is 0.101 e. The van der Waals surface area contributed by atoms with E-state index in [0.717, 1.165) is 32.4 Å². The molecule has 100 valence electrons. The molecule has 0 aromatic rings. The van der Waals surface area contributed by atoms with Crippen LogP contribution in [-0.2, 0) is 9.47 Å². The summed E-state index contributed by atoms with van der Waals surface area (Å²) >= 11 is 0. The maximum atomic E-state index is 6.20. The van der Waals surface area contributed by atoms with Crippen molar-refractivity contribution in [2.24, 2.45) is 0 Å². The van der Waals surface area contributed by atoms with Crippen LogP contribution in [0.4, 0.5) is 0 Å². The highest BCUT2D eigenvalue weighted by molar-refractivity contribution is 5.10. The Bertz CT molecular complexity index is 286. The largest absolute Gasteiger partial charge is 0.372 e. The van der Waals surface area contributed by atoms with Crippen LogP contribution >= 0.6 is 0 Å². The Balaban J connectivity index is 2.17. The van der Waals surface area contributed by atoms with Crippen molar-refractivity contribution >= 4 is 0 Å². The quantitative estimate of drug-likeness (QED) is 0.805. The van der Waals surface area contributed by atoms with E-state index in [0.29, 0.717) is 6.04 Å². The van der Waals surface area contributed by atoms with E-state index in [1.807, 2.05) is 0 Å². The van der Waals surface area contributed by atoms with Gasteiger partial charge in [-0.3, -0.25) is 0 Å². The van der Waals surface area contributed by atoms with Crippen LogP contribution in [0.5, 0.6) is 0 Å². The van der Waals surface area contributed by atoms with Crippen molar-refractivity contribution in [3.05, 3.63) is 0 Å². The first-order valence-electron chi connectivity index (χ1n) is 6.88. The molecule has 2 aliphatic heterocycles. The van der Waals surface area contributed by atoms with Crippen molar-refractivity contribution < 1.29 is 9.47 Å². The highest BCUT2D eigenvalue weighted by Crippen LogP contribution is 2.51. The van der Waals surface area contributed by atoms with Gasteiger partial charge in [0.05, 0.1) is 11.2 Å². The third-order valence-corrected chi connectivity index (χ3v) is 4.25. The molecule has 3 heteroatoms. The van der Waals surface area contributed by atoms with Crippen molar-refractivity contribution in [3.8, 4) is 0 Å². The van der Waals surface area contributed by atoms with Gasteiger partial charge < -0.3 is 14.8 Å². The van der Waals surface area contributed by atoms with Gasteiger partial charge in [-0.25, -0.2) is 0 Å². The minimum Gasteiger partial charge on any atom is -0.372 e. The van der Waals surface area contributed by atoms with Crippen molar-refractivity contribution in [2.75, 3.05) is 13.2 Å². The van der Waals surface area contributed by atoms with Crippen molar-refractivity contribution in [2.45, 2.75) is 76.7 Å². The molecule has 0 bridgehead atoms. The lowest BCUT2D eigenvalue weighted by Crippen LogP contribution is -2.55. The van der Waals surface area contributed by atoms with Crippen LogP contribution in [0.25, 0.3) is 0 Å². The molecule has 0 aliphatic carbocycles. The van der Waals surface area contributed by atoms with Gasteiger partial charge in [-0.2, -0.15) is 0 Å². The van der Waals surface area contributed by atoms with Gasteiger partial charge in [0.1, 0.15) is 5.60 Å². The Hall–Kier alpha value is -0.120. The zero-order valence-corrected chi connectivity index (χ0v) is 11.9. The van der Waals surface area contributed by atoms with Gasteiger partial charge in [-0.15, -0.1) is 0 Å². The zero-order chi connectivity index (χ0) is 12.7. The van der Waals surface area contributed by atoms with Crippen LogP contribution in [0.2, 0.25) is 0 Å². The number of hydrogen-bond donors (Lipinski definition) is 1.